The number of hydrogen-bond donors (Lipinski definition) is 0. The van der Waals surface area contributed by atoms with Crippen molar-refractivity contribution in [1.82, 2.24) is 0 Å². The van der Waals surface area contributed by atoms with Crippen molar-refractivity contribution < 1.29 is 17.9 Å². The van der Waals surface area contributed by atoms with Crippen LogP contribution in [-0.4, -0.2) is 6.36 Å². The van der Waals surface area contributed by atoms with Crippen LogP contribution in [0.5, 0.6) is 5.75 Å². The fourth-order valence-corrected chi connectivity index (χ4v) is 4.41. The minimum absolute atomic E-state index is 0.197. The molecule has 1 atom stereocenters. The Morgan fingerprint density at radius 3 is 2.26 bits per heavy atom. The molecule has 0 saturated heterocycles. The molecule has 1 nitrogen and oxygen atoms in total. The summed E-state index contributed by atoms with van der Waals surface area (Å²) in [5.41, 5.74) is 7.45. The number of hydrogen-bond acceptors (Lipinski definition) is 1. The highest BCUT2D eigenvalue weighted by Gasteiger charge is 2.31. The normalized spacial score (nSPS) is 16.1. The smallest absolute Gasteiger partial charge is 0.406 e. The van der Waals surface area contributed by atoms with Crippen molar-refractivity contribution in [1.29, 1.82) is 0 Å². The maximum Gasteiger partial charge on any atom is 0.573 e. The SMILES string of the molecule is CCCCc1ccc(C2CCc3cc(-c4ccc(OC(F)(F)F)cc4)ccc3C2)cc1. The first-order chi connectivity index (χ1) is 14.9. The molecule has 0 N–H and O–H groups in total. The van der Waals surface area contributed by atoms with E-state index in [9.17, 15) is 13.2 Å². The lowest BCUT2D eigenvalue weighted by Crippen LogP contribution is -2.16. The fourth-order valence-electron chi connectivity index (χ4n) is 4.41. The van der Waals surface area contributed by atoms with Crippen LogP contribution < -0.4 is 4.74 Å². The minimum Gasteiger partial charge on any atom is -0.406 e. The first-order valence-corrected chi connectivity index (χ1v) is 11.0. The lowest BCUT2D eigenvalue weighted by atomic mass is 9.79. The summed E-state index contributed by atoms with van der Waals surface area (Å²) >= 11 is 0. The Balaban J connectivity index is 1.45. The largest absolute Gasteiger partial charge is 0.573 e. The van der Waals surface area contributed by atoms with Crippen LogP contribution in [0, 0.1) is 0 Å². The number of ether oxygens (including phenoxy) is 1. The molecule has 0 spiro atoms. The molecule has 4 rings (SSSR count). The third-order valence-corrected chi connectivity index (χ3v) is 6.13. The second-order valence-corrected chi connectivity index (χ2v) is 8.34. The maximum absolute atomic E-state index is 12.4. The molecule has 3 aromatic carbocycles. The van der Waals surface area contributed by atoms with Gasteiger partial charge in [0.05, 0.1) is 0 Å². The predicted octanol–water partition coefficient (Wildman–Crippen LogP) is 7.87. The van der Waals surface area contributed by atoms with Crippen LogP contribution in [-0.2, 0) is 19.3 Å². The third kappa shape index (κ3) is 5.49. The summed E-state index contributed by atoms with van der Waals surface area (Å²) in [5, 5.41) is 0. The Hall–Kier alpha value is -2.75. The number of aryl methyl sites for hydroxylation is 2. The highest BCUT2D eigenvalue weighted by atomic mass is 19.4. The molecule has 1 aliphatic carbocycles. The first kappa shape index (κ1) is 21.5. The van der Waals surface area contributed by atoms with E-state index in [1.807, 2.05) is 0 Å². The second-order valence-electron chi connectivity index (χ2n) is 8.34. The minimum atomic E-state index is -4.67. The zero-order valence-corrected chi connectivity index (χ0v) is 17.7. The zero-order valence-electron chi connectivity index (χ0n) is 17.7. The van der Waals surface area contributed by atoms with Crippen molar-refractivity contribution >= 4 is 0 Å². The van der Waals surface area contributed by atoms with Crippen LogP contribution in [0.2, 0.25) is 0 Å². The summed E-state index contributed by atoms with van der Waals surface area (Å²) in [5.74, 6) is 0.343. The number of halogens is 3. The van der Waals surface area contributed by atoms with Gasteiger partial charge in [-0.25, -0.2) is 0 Å². The quantitative estimate of drug-likeness (QED) is 0.391. The molecule has 31 heavy (non-hydrogen) atoms. The highest BCUT2D eigenvalue weighted by molar-refractivity contribution is 5.66. The second kappa shape index (κ2) is 9.17. The van der Waals surface area contributed by atoms with Crippen LogP contribution in [0.25, 0.3) is 11.1 Å². The Kier molecular flexibility index (Phi) is 6.35. The van der Waals surface area contributed by atoms with Gasteiger partial charge in [0, 0.05) is 0 Å². The van der Waals surface area contributed by atoms with Crippen LogP contribution in [0.15, 0.2) is 66.7 Å². The van der Waals surface area contributed by atoms with Crippen molar-refractivity contribution in [3.05, 3.63) is 89.0 Å². The van der Waals surface area contributed by atoms with Crippen molar-refractivity contribution in [3.8, 4) is 16.9 Å². The van der Waals surface area contributed by atoms with Gasteiger partial charge in [-0.3, -0.25) is 0 Å². The van der Waals surface area contributed by atoms with E-state index in [1.165, 1.54) is 47.2 Å². The number of benzene rings is 3. The Morgan fingerprint density at radius 2 is 1.58 bits per heavy atom. The molecule has 1 aliphatic rings. The van der Waals surface area contributed by atoms with Gasteiger partial charge in [0.2, 0.25) is 0 Å². The summed E-state index contributed by atoms with van der Waals surface area (Å²) < 4.78 is 41.0. The fraction of sp³-hybridized carbons (Fsp3) is 0.333. The molecular weight excluding hydrogens is 397 g/mol. The predicted molar refractivity (Wildman–Crippen MR) is 118 cm³/mol. The topological polar surface area (TPSA) is 9.23 Å². The van der Waals surface area contributed by atoms with Gasteiger partial charge >= 0.3 is 6.36 Å². The van der Waals surface area contributed by atoms with Crippen LogP contribution in [0.4, 0.5) is 13.2 Å². The third-order valence-electron chi connectivity index (χ3n) is 6.13. The van der Waals surface area contributed by atoms with E-state index in [2.05, 4.69) is 54.1 Å². The maximum atomic E-state index is 12.4. The summed E-state index contributed by atoms with van der Waals surface area (Å²) in [6.45, 7) is 2.22. The van der Waals surface area contributed by atoms with Crippen molar-refractivity contribution in [3.63, 3.8) is 0 Å². The molecule has 0 bridgehead atoms. The average Bonchev–Trinajstić information content (AvgIpc) is 2.77. The van der Waals surface area contributed by atoms with Crippen LogP contribution >= 0.6 is 0 Å². The van der Waals surface area contributed by atoms with Crippen LogP contribution in [0.1, 0.15) is 54.4 Å². The standard InChI is InChI=1S/C27H27F3O/c1-2-3-4-19-5-7-20(8-6-19)22-9-11-25-18-23(10-12-24(25)17-22)21-13-15-26(16-14-21)31-27(28,29)30/h5-8,10,12-16,18,22H,2-4,9,11,17H2,1H3. The molecule has 162 valence electrons. The van der Waals surface area contributed by atoms with Crippen molar-refractivity contribution in [2.24, 2.45) is 0 Å². The van der Waals surface area contributed by atoms with Gasteiger partial charge in [-0.2, -0.15) is 0 Å². The van der Waals surface area contributed by atoms with E-state index in [0.717, 1.165) is 36.8 Å². The molecule has 1 unspecified atom stereocenters. The van der Waals surface area contributed by atoms with Gasteiger partial charge in [-0.1, -0.05) is 67.9 Å². The number of rotatable bonds is 6. The molecule has 0 heterocycles. The van der Waals surface area contributed by atoms with Gasteiger partial charge < -0.3 is 4.74 Å². The molecule has 0 amide bonds. The van der Waals surface area contributed by atoms with Crippen molar-refractivity contribution in [2.45, 2.75) is 57.7 Å². The number of alkyl halides is 3. The summed E-state index contributed by atoms with van der Waals surface area (Å²) in [4.78, 5) is 0. The zero-order chi connectivity index (χ0) is 21.8. The van der Waals surface area contributed by atoms with Gasteiger partial charge in [0.1, 0.15) is 5.75 Å². The van der Waals surface area contributed by atoms with Gasteiger partial charge in [-0.15, -0.1) is 13.2 Å². The van der Waals surface area contributed by atoms with Crippen molar-refractivity contribution in [2.75, 3.05) is 0 Å². The Bertz CT molecular complexity index is 1000. The Labute approximate surface area is 181 Å². The van der Waals surface area contributed by atoms with E-state index in [4.69, 9.17) is 0 Å². The van der Waals surface area contributed by atoms with Gasteiger partial charge in [0.15, 0.2) is 0 Å². The lowest BCUT2D eigenvalue weighted by Gasteiger charge is -2.26. The molecular formula is C27H27F3O. The molecule has 0 radical (unpaired) electrons. The van der Waals surface area contributed by atoms with Gasteiger partial charge in [-0.05, 0) is 83.5 Å². The molecule has 0 saturated carbocycles. The summed E-state index contributed by atoms with van der Waals surface area (Å²) in [7, 11) is 0. The van der Waals surface area contributed by atoms with E-state index in [0.29, 0.717) is 5.92 Å². The van der Waals surface area contributed by atoms with E-state index >= 15 is 0 Å². The molecule has 0 aliphatic heterocycles. The van der Waals surface area contributed by atoms with Crippen LogP contribution in [0.3, 0.4) is 0 Å². The van der Waals surface area contributed by atoms with E-state index in [1.54, 1.807) is 12.1 Å². The van der Waals surface area contributed by atoms with E-state index in [-0.39, 0.29) is 5.75 Å². The summed E-state index contributed by atoms with van der Waals surface area (Å²) in [6, 6.07) is 21.6. The first-order valence-electron chi connectivity index (χ1n) is 11.0. The molecule has 0 fully saturated rings. The Morgan fingerprint density at radius 1 is 0.871 bits per heavy atom. The number of unbranched alkanes of at least 4 members (excludes halogenated alkanes) is 1. The van der Waals surface area contributed by atoms with Gasteiger partial charge in [0.25, 0.3) is 0 Å². The summed E-state index contributed by atoms with van der Waals surface area (Å²) in [6.07, 6.45) is 2.09. The lowest BCUT2D eigenvalue weighted by molar-refractivity contribution is -0.274. The monoisotopic (exact) mass is 424 g/mol. The molecule has 4 heteroatoms. The molecule has 3 aromatic rings. The number of fused-ring (bicyclic) bond motifs is 1. The molecule has 0 aromatic heterocycles. The highest BCUT2D eigenvalue weighted by Crippen LogP contribution is 2.35. The van der Waals surface area contributed by atoms with E-state index < -0.39 is 6.36 Å². The average molecular weight is 425 g/mol.